The van der Waals surface area contributed by atoms with E-state index in [1.54, 1.807) is 17.0 Å². The van der Waals surface area contributed by atoms with Gasteiger partial charge in [0.2, 0.25) is 11.8 Å². The number of hydrogen-bond acceptors (Lipinski definition) is 2. The van der Waals surface area contributed by atoms with Gasteiger partial charge in [-0.1, -0.05) is 96.9 Å². The molecule has 4 nitrogen and oxygen atoms in total. The summed E-state index contributed by atoms with van der Waals surface area (Å²) < 4.78 is 0. The fraction of sp³-hybridized carbons (Fsp3) is 0.333. The number of halogens is 2. The predicted molar refractivity (Wildman–Crippen MR) is 148 cm³/mol. The molecule has 3 rings (SSSR count). The maximum Gasteiger partial charge on any atom is 0.243 e. The van der Waals surface area contributed by atoms with Gasteiger partial charge in [-0.25, -0.2) is 0 Å². The Morgan fingerprint density at radius 3 is 1.89 bits per heavy atom. The molecule has 0 bridgehead atoms. The van der Waals surface area contributed by atoms with Crippen LogP contribution >= 0.6 is 23.2 Å². The van der Waals surface area contributed by atoms with Crippen LogP contribution in [0.15, 0.2) is 78.9 Å². The van der Waals surface area contributed by atoms with Gasteiger partial charge in [0.25, 0.3) is 0 Å². The smallest absolute Gasteiger partial charge is 0.243 e. The maximum absolute atomic E-state index is 14.0. The maximum atomic E-state index is 14.0. The first-order chi connectivity index (χ1) is 17.1. The van der Waals surface area contributed by atoms with Gasteiger partial charge in [-0.3, -0.25) is 9.59 Å². The molecule has 3 aromatic carbocycles. The molecule has 0 fully saturated rings. The van der Waals surface area contributed by atoms with Crippen LogP contribution in [0.5, 0.6) is 0 Å². The molecule has 190 valence electrons. The number of rotatable bonds is 9. The highest BCUT2D eigenvalue weighted by atomic mass is 35.5. The van der Waals surface area contributed by atoms with Gasteiger partial charge in [0, 0.05) is 24.4 Å². The predicted octanol–water partition coefficient (Wildman–Crippen LogP) is 7.24. The molecule has 0 radical (unpaired) electrons. The zero-order valence-electron chi connectivity index (χ0n) is 21.3. The number of hydrogen-bond donors (Lipinski definition) is 1. The third-order valence-corrected chi connectivity index (χ3v) is 6.74. The Kier molecular flexibility index (Phi) is 9.58. The molecule has 0 aliphatic heterocycles. The van der Waals surface area contributed by atoms with Gasteiger partial charge in [-0.2, -0.15) is 0 Å². The second-order valence-electron chi connectivity index (χ2n) is 10.0. The van der Waals surface area contributed by atoms with Crippen LogP contribution in [0.1, 0.15) is 63.1 Å². The number of amides is 2. The summed E-state index contributed by atoms with van der Waals surface area (Å²) in [5.41, 5.74) is 2.51. The molecule has 36 heavy (non-hydrogen) atoms. The van der Waals surface area contributed by atoms with Crippen molar-refractivity contribution in [1.29, 1.82) is 0 Å². The van der Waals surface area contributed by atoms with Gasteiger partial charge in [-0.05, 0) is 56.0 Å². The van der Waals surface area contributed by atoms with Gasteiger partial charge in [0.15, 0.2) is 0 Å². The SMILES string of the molecule is CC[C@H](C(=O)NC(C)(C)C)N(Cc1ccc(Cl)c(Cl)c1)C(=O)CC(c1ccccc1)c1ccccc1. The van der Waals surface area contributed by atoms with Crippen molar-refractivity contribution in [3.63, 3.8) is 0 Å². The third-order valence-electron chi connectivity index (χ3n) is 6.00. The summed E-state index contributed by atoms with van der Waals surface area (Å²) in [5.74, 6) is -0.413. The minimum absolute atomic E-state index is 0.102. The summed E-state index contributed by atoms with van der Waals surface area (Å²) >= 11 is 12.4. The number of benzene rings is 3. The van der Waals surface area contributed by atoms with Crippen LogP contribution in [-0.4, -0.2) is 28.3 Å². The summed E-state index contributed by atoms with van der Waals surface area (Å²) in [6.07, 6.45) is 0.713. The van der Waals surface area contributed by atoms with Crippen LogP contribution in [0.25, 0.3) is 0 Å². The van der Waals surface area contributed by atoms with E-state index in [4.69, 9.17) is 23.2 Å². The second-order valence-corrected chi connectivity index (χ2v) is 10.8. The van der Waals surface area contributed by atoms with E-state index in [-0.39, 0.29) is 30.7 Å². The Morgan fingerprint density at radius 2 is 1.42 bits per heavy atom. The van der Waals surface area contributed by atoms with Crippen LogP contribution in [0.4, 0.5) is 0 Å². The Bertz CT molecular complexity index is 1120. The zero-order valence-corrected chi connectivity index (χ0v) is 22.8. The minimum atomic E-state index is -0.627. The molecule has 0 saturated heterocycles. The largest absolute Gasteiger partial charge is 0.350 e. The van der Waals surface area contributed by atoms with Gasteiger partial charge in [-0.15, -0.1) is 0 Å². The van der Waals surface area contributed by atoms with Gasteiger partial charge >= 0.3 is 0 Å². The van der Waals surface area contributed by atoms with Crippen LogP contribution < -0.4 is 5.32 Å². The Balaban J connectivity index is 1.98. The van der Waals surface area contributed by atoms with E-state index in [0.29, 0.717) is 16.5 Å². The summed E-state index contributed by atoms with van der Waals surface area (Å²) in [7, 11) is 0. The molecule has 0 aliphatic rings. The molecule has 0 aliphatic carbocycles. The highest BCUT2D eigenvalue weighted by Crippen LogP contribution is 2.30. The van der Waals surface area contributed by atoms with Crippen molar-refractivity contribution in [3.05, 3.63) is 106 Å². The average Bonchev–Trinajstić information content (AvgIpc) is 2.84. The van der Waals surface area contributed by atoms with Crippen LogP contribution in [-0.2, 0) is 16.1 Å². The molecular weight excluding hydrogens is 491 g/mol. The molecular formula is C30H34Cl2N2O2. The van der Waals surface area contributed by atoms with Crippen molar-refractivity contribution in [1.82, 2.24) is 10.2 Å². The zero-order chi connectivity index (χ0) is 26.3. The molecule has 1 atom stereocenters. The number of nitrogens with zero attached hydrogens (tertiary/aromatic N) is 1. The molecule has 0 spiro atoms. The molecule has 0 aromatic heterocycles. The standard InChI is InChI=1S/C30H34Cl2N2O2/c1-5-27(29(36)33-30(2,3)4)34(20-21-16-17-25(31)26(32)18-21)28(35)19-24(22-12-8-6-9-13-22)23-14-10-7-11-15-23/h6-18,24,27H,5,19-20H2,1-4H3,(H,33,36)/t27-/m1/s1. The molecule has 6 heteroatoms. The lowest BCUT2D eigenvalue weighted by atomic mass is 9.88. The lowest BCUT2D eigenvalue weighted by Crippen LogP contribution is -2.53. The summed E-state index contributed by atoms with van der Waals surface area (Å²) in [4.78, 5) is 29.0. The summed E-state index contributed by atoms with van der Waals surface area (Å²) in [6, 6.07) is 24.7. The van der Waals surface area contributed by atoms with Crippen molar-refractivity contribution in [2.45, 2.75) is 64.6 Å². The topological polar surface area (TPSA) is 49.4 Å². The first-order valence-electron chi connectivity index (χ1n) is 12.2. The van der Waals surface area contributed by atoms with E-state index in [1.807, 2.05) is 94.4 Å². The van der Waals surface area contributed by atoms with Crippen molar-refractivity contribution < 1.29 is 9.59 Å². The molecule has 3 aromatic rings. The molecule has 2 amide bonds. The van der Waals surface area contributed by atoms with Crippen LogP contribution in [0.2, 0.25) is 10.0 Å². The van der Waals surface area contributed by atoms with Crippen molar-refractivity contribution >= 4 is 35.0 Å². The quantitative estimate of drug-likeness (QED) is 0.320. The van der Waals surface area contributed by atoms with Crippen molar-refractivity contribution in [3.8, 4) is 0 Å². The number of carbonyl (C=O) groups excluding carboxylic acids is 2. The second kappa shape index (κ2) is 12.4. The van der Waals surface area contributed by atoms with Crippen molar-refractivity contribution in [2.75, 3.05) is 0 Å². The fourth-order valence-electron chi connectivity index (χ4n) is 4.30. The highest BCUT2D eigenvalue weighted by Gasteiger charge is 2.32. The van der Waals surface area contributed by atoms with Gasteiger partial charge in [0.1, 0.15) is 6.04 Å². The number of nitrogens with one attached hydrogen (secondary N) is 1. The molecule has 0 heterocycles. The fourth-order valence-corrected chi connectivity index (χ4v) is 4.62. The molecule has 0 saturated carbocycles. The van der Waals surface area contributed by atoms with Crippen molar-refractivity contribution in [2.24, 2.45) is 0 Å². The van der Waals surface area contributed by atoms with Crippen LogP contribution in [0.3, 0.4) is 0 Å². The average molecular weight is 526 g/mol. The molecule has 0 unspecified atom stereocenters. The minimum Gasteiger partial charge on any atom is -0.350 e. The normalized spacial score (nSPS) is 12.3. The highest BCUT2D eigenvalue weighted by molar-refractivity contribution is 6.42. The Labute approximate surface area is 224 Å². The summed E-state index contributed by atoms with van der Waals surface area (Å²) in [6.45, 7) is 7.98. The van der Waals surface area contributed by atoms with E-state index in [2.05, 4.69) is 5.32 Å². The lowest BCUT2D eigenvalue weighted by Gasteiger charge is -2.34. The molecule has 1 N–H and O–H groups in total. The third kappa shape index (κ3) is 7.59. The number of carbonyl (C=O) groups is 2. The van der Waals surface area contributed by atoms with Gasteiger partial charge < -0.3 is 10.2 Å². The monoisotopic (exact) mass is 524 g/mol. The summed E-state index contributed by atoms with van der Waals surface area (Å²) in [5, 5.41) is 3.91. The van der Waals surface area contributed by atoms with E-state index < -0.39 is 11.6 Å². The first-order valence-corrected chi connectivity index (χ1v) is 13.0. The lowest BCUT2D eigenvalue weighted by molar-refractivity contribution is -0.142. The van der Waals surface area contributed by atoms with E-state index in [0.717, 1.165) is 16.7 Å². The van der Waals surface area contributed by atoms with Crippen LogP contribution in [0, 0.1) is 0 Å². The van der Waals surface area contributed by atoms with Gasteiger partial charge in [0.05, 0.1) is 10.0 Å². The Hall–Kier alpha value is -2.82. The van der Waals surface area contributed by atoms with E-state index >= 15 is 0 Å². The van der Waals surface area contributed by atoms with E-state index in [9.17, 15) is 9.59 Å². The van der Waals surface area contributed by atoms with E-state index in [1.165, 1.54) is 0 Å². The Morgan fingerprint density at radius 1 is 0.861 bits per heavy atom. The first kappa shape index (κ1) is 27.8.